The predicted molar refractivity (Wildman–Crippen MR) is 56.0 cm³/mol. The molecule has 0 amide bonds. The van der Waals surface area contributed by atoms with Gasteiger partial charge < -0.3 is 9.84 Å². The Bertz CT molecular complexity index is 422. The average molecular weight is 246 g/mol. The molecule has 1 aliphatic carbocycles. The van der Waals surface area contributed by atoms with Gasteiger partial charge in [-0.3, -0.25) is 0 Å². The fourth-order valence-electron chi connectivity index (χ4n) is 1.94. The van der Waals surface area contributed by atoms with Crippen LogP contribution in [0.1, 0.15) is 24.0 Å². The Morgan fingerprint density at radius 3 is 2.41 bits per heavy atom. The molecule has 17 heavy (non-hydrogen) atoms. The largest absolute Gasteiger partial charge is 0.496 e. The fraction of sp³-hybridized carbons (Fsp3) is 0.500. The molecule has 2 rings (SSSR count). The lowest BCUT2D eigenvalue weighted by molar-refractivity contribution is -0.138. The maximum Gasteiger partial charge on any atom is 0.419 e. The van der Waals surface area contributed by atoms with Gasteiger partial charge in [0.2, 0.25) is 0 Å². The highest BCUT2D eigenvalue weighted by Crippen LogP contribution is 2.49. The number of halogens is 3. The van der Waals surface area contributed by atoms with Crippen LogP contribution in [-0.2, 0) is 11.6 Å². The summed E-state index contributed by atoms with van der Waals surface area (Å²) in [5, 5.41) is 9.24. The van der Waals surface area contributed by atoms with Crippen molar-refractivity contribution in [2.75, 3.05) is 13.7 Å². The molecule has 0 unspecified atom stereocenters. The molecule has 0 atom stereocenters. The maximum atomic E-state index is 12.6. The normalized spacial score (nSPS) is 17.9. The van der Waals surface area contributed by atoms with Gasteiger partial charge in [0.05, 0.1) is 19.3 Å². The summed E-state index contributed by atoms with van der Waals surface area (Å²) in [6.45, 7) is -0.0402. The highest BCUT2D eigenvalue weighted by atomic mass is 19.4. The molecule has 1 N–H and O–H groups in total. The molecule has 0 aromatic heterocycles. The quantitative estimate of drug-likeness (QED) is 0.888. The molecular weight excluding hydrogens is 233 g/mol. The topological polar surface area (TPSA) is 29.5 Å². The van der Waals surface area contributed by atoms with Crippen molar-refractivity contribution in [1.29, 1.82) is 0 Å². The van der Waals surface area contributed by atoms with E-state index >= 15 is 0 Å². The molecule has 0 heterocycles. The predicted octanol–water partition coefficient (Wildman–Crippen LogP) is 2.74. The lowest BCUT2D eigenvalue weighted by atomic mass is 9.95. The number of aliphatic hydroxyl groups is 1. The van der Waals surface area contributed by atoms with Crippen molar-refractivity contribution in [2.45, 2.75) is 24.4 Å². The molecular formula is C12H13F3O2. The first kappa shape index (κ1) is 12.2. The summed E-state index contributed by atoms with van der Waals surface area (Å²) in [4.78, 5) is 0. The molecule has 0 saturated heterocycles. The summed E-state index contributed by atoms with van der Waals surface area (Å²) in [6, 6.07) is 3.82. The van der Waals surface area contributed by atoms with Crippen LogP contribution in [0.2, 0.25) is 0 Å². The first-order chi connectivity index (χ1) is 7.93. The number of benzene rings is 1. The van der Waals surface area contributed by atoms with Gasteiger partial charge in [-0.25, -0.2) is 0 Å². The minimum absolute atomic E-state index is 0.0402. The van der Waals surface area contributed by atoms with Gasteiger partial charge in [0, 0.05) is 5.41 Å². The van der Waals surface area contributed by atoms with Crippen molar-refractivity contribution in [3.05, 3.63) is 29.3 Å². The Morgan fingerprint density at radius 2 is 2.00 bits per heavy atom. The van der Waals surface area contributed by atoms with E-state index in [-0.39, 0.29) is 17.8 Å². The number of rotatable bonds is 3. The molecule has 1 fully saturated rings. The van der Waals surface area contributed by atoms with Crippen LogP contribution in [0, 0.1) is 0 Å². The molecule has 1 aliphatic rings. The van der Waals surface area contributed by atoms with Crippen molar-refractivity contribution in [2.24, 2.45) is 0 Å². The van der Waals surface area contributed by atoms with E-state index in [0.29, 0.717) is 5.56 Å². The molecule has 1 aromatic rings. The summed E-state index contributed by atoms with van der Waals surface area (Å²) >= 11 is 0. The number of alkyl halides is 3. The second-order valence-electron chi connectivity index (χ2n) is 4.35. The van der Waals surface area contributed by atoms with Gasteiger partial charge in [-0.2, -0.15) is 13.2 Å². The Kier molecular flexibility index (Phi) is 2.81. The molecule has 0 radical (unpaired) electrons. The van der Waals surface area contributed by atoms with E-state index < -0.39 is 11.7 Å². The van der Waals surface area contributed by atoms with Crippen LogP contribution in [0.3, 0.4) is 0 Å². The standard InChI is InChI=1S/C12H13F3O2/c1-17-10-6-8(11(7-16)4-5-11)2-3-9(10)12(13,14)15/h2-3,6,16H,4-5,7H2,1H3. The van der Waals surface area contributed by atoms with Crippen LogP contribution in [0.15, 0.2) is 18.2 Å². The molecule has 1 saturated carbocycles. The van der Waals surface area contributed by atoms with E-state index in [2.05, 4.69) is 0 Å². The zero-order valence-corrected chi connectivity index (χ0v) is 9.34. The third-order valence-electron chi connectivity index (χ3n) is 3.28. The molecule has 0 bridgehead atoms. The lowest BCUT2D eigenvalue weighted by Crippen LogP contribution is -2.14. The SMILES string of the molecule is COc1cc(C2(CO)CC2)ccc1C(F)(F)F. The van der Waals surface area contributed by atoms with E-state index in [1.165, 1.54) is 19.2 Å². The summed E-state index contributed by atoms with van der Waals surface area (Å²) in [7, 11) is 1.22. The number of ether oxygens (including phenoxy) is 1. The molecule has 2 nitrogen and oxygen atoms in total. The Balaban J connectivity index is 2.42. The van der Waals surface area contributed by atoms with Crippen LogP contribution < -0.4 is 4.74 Å². The maximum absolute atomic E-state index is 12.6. The third-order valence-corrected chi connectivity index (χ3v) is 3.28. The third kappa shape index (κ3) is 2.11. The number of methoxy groups -OCH3 is 1. The number of aliphatic hydroxyl groups excluding tert-OH is 1. The Morgan fingerprint density at radius 1 is 1.35 bits per heavy atom. The van der Waals surface area contributed by atoms with Gasteiger partial charge in [0.15, 0.2) is 0 Å². The average Bonchev–Trinajstić information content (AvgIpc) is 3.08. The summed E-state index contributed by atoms with van der Waals surface area (Å²) in [6.07, 6.45) is -2.81. The number of hydrogen-bond acceptors (Lipinski definition) is 2. The van der Waals surface area contributed by atoms with Gasteiger partial charge in [-0.1, -0.05) is 6.07 Å². The second-order valence-corrected chi connectivity index (χ2v) is 4.35. The van der Waals surface area contributed by atoms with E-state index in [9.17, 15) is 18.3 Å². The fourth-order valence-corrected chi connectivity index (χ4v) is 1.94. The van der Waals surface area contributed by atoms with Crippen molar-refractivity contribution in [3.63, 3.8) is 0 Å². The Labute approximate surface area is 97.0 Å². The monoisotopic (exact) mass is 246 g/mol. The summed E-state index contributed by atoms with van der Waals surface area (Å²) in [5.74, 6) is -0.185. The Hall–Kier alpha value is -1.23. The molecule has 94 valence electrons. The minimum atomic E-state index is -4.42. The highest BCUT2D eigenvalue weighted by Gasteiger charge is 2.45. The van der Waals surface area contributed by atoms with Crippen LogP contribution in [0.5, 0.6) is 5.75 Å². The van der Waals surface area contributed by atoms with Crippen molar-refractivity contribution >= 4 is 0 Å². The highest BCUT2D eigenvalue weighted by molar-refractivity contribution is 5.44. The zero-order chi connectivity index (χ0) is 12.7. The molecule has 0 spiro atoms. The van der Waals surface area contributed by atoms with Gasteiger partial charge >= 0.3 is 6.18 Å². The van der Waals surface area contributed by atoms with Gasteiger partial charge in [0.1, 0.15) is 5.75 Å². The molecule has 5 heteroatoms. The van der Waals surface area contributed by atoms with E-state index in [0.717, 1.165) is 18.9 Å². The van der Waals surface area contributed by atoms with E-state index in [4.69, 9.17) is 4.74 Å². The van der Waals surface area contributed by atoms with Gasteiger partial charge in [-0.15, -0.1) is 0 Å². The van der Waals surface area contributed by atoms with Crippen LogP contribution in [0.25, 0.3) is 0 Å². The molecule has 1 aromatic carbocycles. The van der Waals surface area contributed by atoms with E-state index in [1.807, 2.05) is 0 Å². The molecule has 0 aliphatic heterocycles. The van der Waals surface area contributed by atoms with Gasteiger partial charge in [-0.05, 0) is 30.5 Å². The zero-order valence-electron chi connectivity index (χ0n) is 9.34. The van der Waals surface area contributed by atoms with Crippen molar-refractivity contribution in [3.8, 4) is 5.75 Å². The van der Waals surface area contributed by atoms with Crippen molar-refractivity contribution in [1.82, 2.24) is 0 Å². The first-order valence-corrected chi connectivity index (χ1v) is 5.29. The van der Waals surface area contributed by atoms with Crippen molar-refractivity contribution < 1.29 is 23.0 Å². The first-order valence-electron chi connectivity index (χ1n) is 5.29. The number of hydrogen-bond donors (Lipinski definition) is 1. The lowest BCUT2D eigenvalue weighted by Gasteiger charge is -2.17. The van der Waals surface area contributed by atoms with Gasteiger partial charge in [0.25, 0.3) is 0 Å². The summed E-state index contributed by atoms with van der Waals surface area (Å²) < 4.78 is 42.7. The second kappa shape index (κ2) is 3.91. The van der Waals surface area contributed by atoms with E-state index in [1.54, 1.807) is 0 Å². The minimum Gasteiger partial charge on any atom is -0.496 e. The van der Waals surface area contributed by atoms with Crippen LogP contribution in [0.4, 0.5) is 13.2 Å². The summed E-state index contributed by atoms with van der Waals surface area (Å²) in [5.41, 5.74) is -0.417. The van der Waals surface area contributed by atoms with Crippen LogP contribution in [-0.4, -0.2) is 18.8 Å². The van der Waals surface area contributed by atoms with Crippen LogP contribution >= 0.6 is 0 Å². The smallest absolute Gasteiger partial charge is 0.419 e.